The highest BCUT2D eigenvalue weighted by Crippen LogP contribution is 2.20. The lowest BCUT2D eigenvalue weighted by Crippen LogP contribution is -2.41. The summed E-state index contributed by atoms with van der Waals surface area (Å²) in [7, 11) is -8.00. The van der Waals surface area contributed by atoms with Crippen LogP contribution >= 0.6 is 0 Å². The molecule has 0 spiro atoms. The third-order valence-electron chi connectivity index (χ3n) is 3.72. The molecule has 148 valence electrons. The number of nitrogens with zero attached hydrogens (tertiary/aromatic N) is 1. The number of nitrogens with one attached hydrogen (secondary N) is 2. The molecule has 0 radical (unpaired) electrons. The molecule has 4 N–H and O–H groups in total. The molecular weight excluding hydrogens is 396 g/mol. The molecule has 0 aliphatic rings. The predicted molar refractivity (Wildman–Crippen MR) is 96.9 cm³/mol. The Bertz CT molecular complexity index is 1070. The van der Waals surface area contributed by atoms with E-state index in [1.165, 1.54) is 39.0 Å². The van der Waals surface area contributed by atoms with Gasteiger partial charge >= 0.3 is 0 Å². The Morgan fingerprint density at radius 2 is 1.81 bits per heavy atom. The number of anilines is 1. The highest BCUT2D eigenvalue weighted by molar-refractivity contribution is 7.89. The highest BCUT2D eigenvalue weighted by Gasteiger charge is 2.28. The molecule has 1 aromatic carbocycles. The Kier molecular flexibility index (Phi) is 5.75. The Morgan fingerprint density at radius 1 is 1.19 bits per heavy atom. The van der Waals surface area contributed by atoms with Crippen LogP contribution in [0, 0.1) is 20.8 Å². The minimum absolute atomic E-state index is 0.101. The number of aryl methyl sites for hydroxylation is 3. The van der Waals surface area contributed by atoms with Gasteiger partial charge in [0.25, 0.3) is 0 Å². The molecule has 12 heteroatoms. The van der Waals surface area contributed by atoms with Crippen LogP contribution in [-0.2, 0) is 24.8 Å². The lowest BCUT2D eigenvalue weighted by Gasteiger charge is -2.15. The van der Waals surface area contributed by atoms with Crippen LogP contribution in [0.15, 0.2) is 32.5 Å². The number of sulfonamides is 2. The molecule has 10 nitrogen and oxygen atoms in total. The predicted octanol–water partition coefficient (Wildman–Crippen LogP) is 0.553. The van der Waals surface area contributed by atoms with Crippen LogP contribution in [0.25, 0.3) is 0 Å². The van der Waals surface area contributed by atoms with Gasteiger partial charge in [-0.1, -0.05) is 11.2 Å². The van der Waals surface area contributed by atoms with Crippen LogP contribution < -0.4 is 15.2 Å². The number of aromatic nitrogens is 1. The number of hydrogen-bond donors (Lipinski definition) is 3. The largest absolute Gasteiger partial charge is 0.360 e. The second-order valence-electron chi connectivity index (χ2n) is 6.01. The van der Waals surface area contributed by atoms with E-state index in [-0.39, 0.29) is 26.9 Å². The van der Waals surface area contributed by atoms with Gasteiger partial charge in [-0.25, -0.2) is 22.0 Å². The van der Waals surface area contributed by atoms with Gasteiger partial charge in [0.05, 0.1) is 10.9 Å². The van der Waals surface area contributed by atoms with Crippen molar-refractivity contribution in [3.63, 3.8) is 0 Å². The summed E-state index contributed by atoms with van der Waals surface area (Å²) in [6.07, 6.45) is 0. The molecule has 2 aromatic rings. The van der Waals surface area contributed by atoms with Gasteiger partial charge in [-0.3, -0.25) is 4.79 Å². The summed E-state index contributed by atoms with van der Waals surface area (Å²) >= 11 is 0. The van der Waals surface area contributed by atoms with Gasteiger partial charge in [0.2, 0.25) is 26.0 Å². The van der Waals surface area contributed by atoms with Gasteiger partial charge in [-0.2, -0.15) is 4.72 Å². The first-order valence-corrected chi connectivity index (χ1v) is 10.8. The minimum atomic E-state index is -4.04. The number of rotatable bonds is 6. The number of hydrogen-bond acceptors (Lipinski definition) is 7. The van der Waals surface area contributed by atoms with Crippen LogP contribution in [-0.4, -0.2) is 33.9 Å². The summed E-state index contributed by atoms with van der Waals surface area (Å²) in [5, 5.41) is 11.2. The average molecular weight is 416 g/mol. The monoisotopic (exact) mass is 416 g/mol. The zero-order valence-electron chi connectivity index (χ0n) is 15.1. The molecule has 1 heterocycles. The third-order valence-corrected chi connectivity index (χ3v) is 6.56. The fourth-order valence-corrected chi connectivity index (χ4v) is 4.78. The van der Waals surface area contributed by atoms with Crippen molar-refractivity contribution in [3.05, 3.63) is 35.2 Å². The minimum Gasteiger partial charge on any atom is -0.360 e. The normalized spacial score (nSPS) is 13.4. The smallest absolute Gasteiger partial charge is 0.246 e. The lowest BCUT2D eigenvalue weighted by atomic mass is 10.2. The van der Waals surface area contributed by atoms with E-state index in [1.807, 2.05) is 0 Å². The number of nitrogens with two attached hydrogens (primary N) is 1. The zero-order valence-corrected chi connectivity index (χ0v) is 16.7. The maximum absolute atomic E-state index is 12.4. The van der Waals surface area contributed by atoms with Crippen molar-refractivity contribution in [2.45, 2.75) is 43.5 Å². The molecule has 0 unspecified atom stereocenters. The molecule has 0 aliphatic heterocycles. The molecular formula is C15H20N4O6S2. The molecule has 1 atom stereocenters. The van der Waals surface area contributed by atoms with Crippen molar-refractivity contribution in [3.8, 4) is 0 Å². The van der Waals surface area contributed by atoms with Gasteiger partial charge in [0.15, 0.2) is 5.76 Å². The molecule has 1 aromatic heterocycles. The standard InChI is InChI=1S/C15H20N4O6S2/c1-8-5-6-12(7-13(8)26(16,21)22)17-15(20)10(3)19-27(23,24)14-9(2)18-25-11(14)4/h5-7,10,19H,1-4H3,(H,17,20)(H2,16,21,22)/t10-/m0/s1. The lowest BCUT2D eigenvalue weighted by molar-refractivity contribution is -0.117. The second kappa shape index (κ2) is 7.38. The van der Waals surface area contributed by atoms with Crippen LogP contribution in [0.1, 0.15) is 23.9 Å². The second-order valence-corrected chi connectivity index (χ2v) is 9.19. The van der Waals surface area contributed by atoms with E-state index in [4.69, 9.17) is 9.66 Å². The summed E-state index contributed by atoms with van der Waals surface area (Å²) in [5.74, 6) is -0.585. The zero-order chi connectivity index (χ0) is 20.6. The topological polar surface area (TPSA) is 161 Å². The molecule has 0 aliphatic carbocycles. The van der Waals surface area contributed by atoms with Crippen molar-refractivity contribution in [2.24, 2.45) is 5.14 Å². The number of amides is 1. The van der Waals surface area contributed by atoms with Crippen LogP contribution in [0.4, 0.5) is 5.69 Å². The van der Waals surface area contributed by atoms with Crippen molar-refractivity contribution >= 4 is 31.6 Å². The Morgan fingerprint density at radius 3 is 2.33 bits per heavy atom. The van der Waals surface area contributed by atoms with E-state index in [1.54, 1.807) is 6.92 Å². The van der Waals surface area contributed by atoms with E-state index < -0.39 is 32.0 Å². The number of benzene rings is 1. The molecule has 1 amide bonds. The van der Waals surface area contributed by atoms with Crippen molar-refractivity contribution in [2.75, 3.05) is 5.32 Å². The van der Waals surface area contributed by atoms with E-state index in [2.05, 4.69) is 15.2 Å². The summed E-state index contributed by atoms with van der Waals surface area (Å²) < 4.78 is 55.1. The Balaban J connectivity index is 2.20. The van der Waals surface area contributed by atoms with Gasteiger partial charge < -0.3 is 9.84 Å². The van der Waals surface area contributed by atoms with Crippen LogP contribution in [0.5, 0.6) is 0 Å². The molecule has 27 heavy (non-hydrogen) atoms. The average Bonchev–Trinajstić information content (AvgIpc) is 2.87. The fourth-order valence-electron chi connectivity index (χ4n) is 2.44. The summed E-state index contributed by atoms with van der Waals surface area (Å²) in [6, 6.07) is 3.02. The van der Waals surface area contributed by atoms with E-state index in [0.717, 1.165) is 0 Å². The van der Waals surface area contributed by atoms with Gasteiger partial charge in [0.1, 0.15) is 10.6 Å². The maximum atomic E-state index is 12.4. The molecule has 2 rings (SSSR count). The quantitative estimate of drug-likeness (QED) is 0.619. The van der Waals surface area contributed by atoms with Gasteiger partial charge in [0, 0.05) is 5.69 Å². The van der Waals surface area contributed by atoms with E-state index >= 15 is 0 Å². The van der Waals surface area contributed by atoms with Gasteiger partial charge in [-0.05, 0) is 45.4 Å². The number of carbonyl (C=O) groups excluding carboxylic acids is 1. The van der Waals surface area contributed by atoms with E-state index in [9.17, 15) is 21.6 Å². The van der Waals surface area contributed by atoms with Gasteiger partial charge in [-0.15, -0.1) is 0 Å². The number of carbonyl (C=O) groups is 1. The highest BCUT2D eigenvalue weighted by atomic mass is 32.2. The van der Waals surface area contributed by atoms with Crippen molar-refractivity contribution in [1.82, 2.24) is 9.88 Å². The van der Waals surface area contributed by atoms with Crippen molar-refractivity contribution in [1.29, 1.82) is 0 Å². The summed E-state index contributed by atoms with van der Waals surface area (Å²) in [6.45, 7) is 5.82. The molecule has 0 saturated heterocycles. The molecule has 0 fully saturated rings. The molecule has 0 bridgehead atoms. The summed E-state index contributed by atoms with van der Waals surface area (Å²) in [5.41, 5.74) is 0.754. The molecule has 0 saturated carbocycles. The Labute approximate surface area is 157 Å². The first kappa shape index (κ1) is 21.0. The third kappa shape index (κ3) is 4.71. The Hall–Kier alpha value is -2.28. The summed E-state index contributed by atoms with van der Waals surface area (Å²) in [4.78, 5) is 12.1. The van der Waals surface area contributed by atoms with Crippen LogP contribution in [0.2, 0.25) is 0 Å². The fraction of sp³-hybridized carbons (Fsp3) is 0.333. The number of primary sulfonamides is 1. The van der Waals surface area contributed by atoms with Crippen LogP contribution in [0.3, 0.4) is 0 Å². The van der Waals surface area contributed by atoms with Crippen molar-refractivity contribution < 1.29 is 26.2 Å². The SMILES string of the molecule is Cc1ccc(NC(=O)[C@H](C)NS(=O)(=O)c2c(C)noc2C)cc1S(N)(=O)=O. The van der Waals surface area contributed by atoms with E-state index in [0.29, 0.717) is 5.56 Å². The maximum Gasteiger partial charge on any atom is 0.246 e. The first-order chi connectivity index (χ1) is 12.3. The first-order valence-electron chi connectivity index (χ1n) is 7.72.